The minimum absolute atomic E-state index is 0.0703. The first-order chi connectivity index (χ1) is 18.3. The summed E-state index contributed by atoms with van der Waals surface area (Å²) in [7, 11) is 0. The fourth-order valence-corrected chi connectivity index (χ4v) is 5.04. The molecule has 3 aromatic rings. The molecule has 0 saturated carbocycles. The third-order valence-corrected chi connectivity index (χ3v) is 7.09. The molecule has 0 spiro atoms. The molecular formula is C28H25ClFN3O4S. The molecule has 196 valence electrons. The van der Waals surface area contributed by atoms with Gasteiger partial charge in [-0.2, -0.15) is 0 Å². The SMILES string of the molecule is CCOC(=O)c1ccc(N=C2S[C@@H](CC(=O)Nc3ccc(F)cc3)C(=O)N2CCc2ccc(Cl)cc2)cc1. The van der Waals surface area contributed by atoms with Crippen LogP contribution in [-0.4, -0.2) is 46.3 Å². The van der Waals surface area contributed by atoms with Crippen LogP contribution in [0.3, 0.4) is 0 Å². The van der Waals surface area contributed by atoms with E-state index in [1.54, 1.807) is 48.2 Å². The Hall–Kier alpha value is -3.69. The molecule has 2 amide bonds. The Kier molecular flexibility index (Phi) is 9.15. The van der Waals surface area contributed by atoms with E-state index in [4.69, 9.17) is 16.3 Å². The maximum Gasteiger partial charge on any atom is 0.338 e. The maximum atomic E-state index is 13.3. The molecule has 1 atom stereocenters. The van der Waals surface area contributed by atoms with Crippen LogP contribution in [0.4, 0.5) is 15.8 Å². The zero-order valence-electron chi connectivity index (χ0n) is 20.5. The summed E-state index contributed by atoms with van der Waals surface area (Å²) in [6.45, 7) is 2.38. The number of hydrogen-bond donors (Lipinski definition) is 1. The predicted molar refractivity (Wildman–Crippen MR) is 147 cm³/mol. The van der Waals surface area contributed by atoms with Crippen molar-refractivity contribution in [2.24, 2.45) is 4.99 Å². The highest BCUT2D eigenvalue weighted by Gasteiger charge is 2.39. The predicted octanol–water partition coefficient (Wildman–Crippen LogP) is 5.86. The summed E-state index contributed by atoms with van der Waals surface area (Å²) in [5, 5.41) is 3.12. The Morgan fingerprint density at radius 2 is 1.74 bits per heavy atom. The smallest absolute Gasteiger partial charge is 0.338 e. The molecule has 0 aromatic heterocycles. The first kappa shape index (κ1) is 27.3. The molecule has 1 fully saturated rings. The van der Waals surface area contributed by atoms with Crippen LogP contribution in [-0.2, 0) is 20.7 Å². The Bertz CT molecular complexity index is 1330. The van der Waals surface area contributed by atoms with Gasteiger partial charge in [0.1, 0.15) is 11.1 Å². The van der Waals surface area contributed by atoms with E-state index in [1.807, 2.05) is 12.1 Å². The number of carbonyl (C=O) groups is 3. The van der Waals surface area contributed by atoms with Crippen LogP contribution in [0.1, 0.15) is 29.3 Å². The third kappa shape index (κ3) is 7.20. The van der Waals surface area contributed by atoms with Crippen LogP contribution >= 0.6 is 23.4 Å². The lowest BCUT2D eigenvalue weighted by atomic mass is 10.1. The van der Waals surface area contributed by atoms with Crippen molar-refractivity contribution in [1.29, 1.82) is 0 Å². The number of amides is 2. The second kappa shape index (κ2) is 12.7. The molecule has 4 rings (SSSR count). The summed E-state index contributed by atoms with van der Waals surface area (Å²) in [6, 6.07) is 19.4. The monoisotopic (exact) mass is 553 g/mol. The molecule has 0 unspecified atom stereocenters. The van der Waals surface area contributed by atoms with Crippen molar-refractivity contribution in [3.63, 3.8) is 0 Å². The molecule has 7 nitrogen and oxygen atoms in total. The van der Waals surface area contributed by atoms with Crippen molar-refractivity contribution in [2.75, 3.05) is 18.5 Å². The van der Waals surface area contributed by atoms with Crippen LogP contribution in [0.25, 0.3) is 0 Å². The number of nitrogens with zero attached hydrogens (tertiary/aromatic N) is 2. The number of benzene rings is 3. The minimum Gasteiger partial charge on any atom is -0.462 e. The van der Waals surface area contributed by atoms with Gasteiger partial charge in [-0.3, -0.25) is 14.5 Å². The number of hydrogen-bond acceptors (Lipinski definition) is 6. The van der Waals surface area contributed by atoms with E-state index in [-0.39, 0.29) is 24.8 Å². The standard InChI is InChI=1S/C28H25ClFN3O4S/c1-2-37-27(36)19-5-11-23(12-6-19)32-28-33(16-15-18-3-7-20(29)8-4-18)26(35)24(38-28)17-25(34)31-22-13-9-21(30)10-14-22/h3-14,24H,2,15-17H2,1H3,(H,31,34)/t24-/m0/s1. The second-order valence-corrected chi connectivity index (χ2v) is 10.0. The number of nitrogens with one attached hydrogen (secondary N) is 1. The molecule has 1 aliphatic rings. The van der Waals surface area contributed by atoms with Crippen LogP contribution < -0.4 is 5.32 Å². The number of thioether (sulfide) groups is 1. The number of carbonyl (C=O) groups excluding carboxylic acids is 3. The van der Waals surface area contributed by atoms with Gasteiger partial charge in [0.25, 0.3) is 0 Å². The van der Waals surface area contributed by atoms with E-state index in [9.17, 15) is 18.8 Å². The lowest BCUT2D eigenvalue weighted by Crippen LogP contribution is -2.35. The summed E-state index contributed by atoms with van der Waals surface area (Å²) in [5.74, 6) is -1.41. The zero-order valence-corrected chi connectivity index (χ0v) is 22.1. The van der Waals surface area contributed by atoms with Crippen molar-refractivity contribution in [3.05, 3.63) is 94.8 Å². The molecule has 1 N–H and O–H groups in total. The molecule has 0 radical (unpaired) electrons. The molecule has 38 heavy (non-hydrogen) atoms. The summed E-state index contributed by atoms with van der Waals surface area (Å²) in [6.07, 6.45) is 0.498. The van der Waals surface area contributed by atoms with Gasteiger partial charge < -0.3 is 10.1 Å². The average molecular weight is 554 g/mol. The number of anilines is 1. The van der Waals surface area contributed by atoms with Crippen LogP contribution in [0.5, 0.6) is 0 Å². The van der Waals surface area contributed by atoms with E-state index in [1.165, 1.54) is 36.0 Å². The van der Waals surface area contributed by atoms with E-state index in [0.29, 0.717) is 40.1 Å². The Morgan fingerprint density at radius 1 is 1.05 bits per heavy atom. The summed E-state index contributed by atoms with van der Waals surface area (Å²) >= 11 is 7.20. The summed E-state index contributed by atoms with van der Waals surface area (Å²) < 4.78 is 18.2. The van der Waals surface area contributed by atoms with Gasteiger partial charge >= 0.3 is 5.97 Å². The Balaban J connectivity index is 1.51. The molecule has 0 aliphatic carbocycles. The highest BCUT2D eigenvalue weighted by atomic mass is 35.5. The molecule has 1 heterocycles. The number of amidine groups is 1. The highest BCUT2D eigenvalue weighted by Crippen LogP contribution is 2.32. The first-order valence-corrected chi connectivity index (χ1v) is 13.2. The average Bonchev–Trinajstić information content (AvgIpc) is 3.19. The van der Waals surface area contributed by atoms with Crippen LogP contribution in [0.2, 0.25) is 5.02 Å². The number of esters is 1. The summed E-state index contributed by atoms with van der Waals surface area (Å²) in [4.78, 5) is 44.2. The van der Waals surface area contributed by atoms with E-state index in [2.05, 4.69) is 10.3 Å². The topological polar surface area (TPSA) is 88.1 Å². The fourth-order valence-electron chi connectivity index (χ4n) is 3.73. The van der Waals surface area contributed by atoms with E-state index < -0.39 is 17.0 Å². The normalized spacial score (nSPS) is 16.1. The van der Waals surface area contributed by atoms with Crippen molar-refractivity contribution in [2.45, 2.75) is 25.0 Å². The molecule has 0 bridgehead atoms. The van der Waals surface area contributed by atoms with Gasteiger partial charge in [-0.25, -0.2) is 14.2 Å². The molecule has 10 heteroatoms. The first-order valence-electron chi connectivity index (χ1n) is 12.0. The fraction of sp³-hybridized carbons (Fsp3) is 0.214. The Labute approximate surface area is 229 Å². The van der Waals surface area contributed by atoms with E-state index in [0.717, 1.165) is 5.56 Å². The van der Waals surface area contributed by atoms with Gasteiger partial charge in [-0.1, -0.05) is 35.5 Å². The molecular weight excluding hydrogens is 529 g/mol. The van der Waals surface area contributed by atoms with Crippen molar-refractivity contribution >= 4 is 57.7 Å². The van der Waals surface area contributed by atoms with Gasteiger partial charge in [-0.05, 0) is 79.6 Å². The zero-order chi connectivity index (χ0) is 27.1. The number of ether oxygens (including phenoxy) is 1. The quantitative estimate of drug-likeness (QED) is 0.335. The van der Waals surface area contributed by atoms with Gasteiger partial charge in [0.05, 0.1) is 17.9 Å². The van der Waals surface area contributed by atoms with E-state index >= 15 is 0 Å². The Morgan fingerprint density at radius 3 is 2.39 bits per heavy atom. The molecule has 1 aliphatic heterocycles. The molecule has 1 saturated heterocycles. The lowest BCUT2D eigenvalue weighted by molar-refractivity contribution is -0.128. The minimum atomic E-state index is -0.668. The van der Waals surface area contributed by atoms with Gasteiger partial charge in [-0.15, -0.1) is 0 Å². The van der Waals surface area contributed by atoms with Crippen LogP contribution in [0, 0.1) is 5.82 Å². The van der Waals surface area contributed by atoms with Crippen LogP contribution in [0.15, 0.2) is 77.8 Å². The largest absolute Gasteiger partial charge is 0.462 e. The third-order valence-electron chi connectivity index (χ3n) is 5.66. The summed E-state index contributed by atoms with van der Waals surface area (Å²) in [5.41, 5.74) is 2.41. The van der Waals surface area contributed by atoms with Gasteiger partial charge in [0, 0.05) is 23.7 Å². The van der Waals surface area contributed by atoms with Gasteiger partial charge in [0.15, 0.2) is 5.17 Å². The molecule has 3 aromatic carbocycles. The van der Waals surface area contributed by atoms with Crippen molar-refractivity contribution in [3.8, 4) is 0 Å². The van der Waals surface area contributed by atoms with Gasteiger partial charge in [0.2, 0.25) is 11.8 Å². The number of aliphatic imine (C=N–C) groups is 1. The highest BCUT2D eigenvalue weighted by molar-refractivity contribution is 8.15. The number of halogens is 2. The number of rotatable bonds is 9. The second-order valence-electron chi connectivity index (χ2n) is 8.39. The van der Waals surface area contributed by atoms with Crippen molar-refractivity contribution < 1.29 is 23.5 Å². The lowest BCUT2D eigenvalue weighted by Gasteiger charge is -2.16. The van der Waals surface area contributed by atoms with Crippen molar-refractivity contribution in [1.82, 2.24) is 4.90 Å². The maximum absolute atomic E-state index is 13.3.